The van der Waals surface area contributed by atoms with E-state index in [1.165, 1.54) is 113 Å². The monoisotopic (exact) mass is 1030 g/mol. The van der Waals surface area contributed by atoms with E-state index in [2.05, 4.69) is 306 Å². The first-order valence-corrected chi connectivity index (χ1v) is 29.2. The van der Waals surface area contributed by atoms with E-state index in [1.807, 2.05) is 11.3 Å². The highest BCUT2D eigenvalue weighted by atomic mass is 32.3. The fraction of sp³-hybridized carbons (Fsp3) is 0. The lowest BCUT2D eigenvalue weighted by Gasteiger charge is -2.50. The zero-order chi connectivity index (χ0) is 51.3. The van der Waals surface area contributed by atoms with Crippen LogP contribution in [-0.4, -0.2) is 6.71 Å². The average Bonchev–Trinajstić information content (AvgIpc) is 3.81. The van der Waals surface area contributed by atoms with Crippen molar-refractivity contribution in [3.05, 3.63) is 291 Å². The Balaban J connectivity index is 1.00. The molecule has 12 aromatic carbocycles. The lowest BCUT2D eigenvalue weighted by atomic mass is 9.33. The molecule has 3 aliphatic rings. The highest BCUT2D eigenvalue weighted by Crippen LogP contribution is 2.80. The van der Waals surface area contributed by atoms with E-state index in [4.69, 9.17) is 0 Å². The third-order valence-corrected chi connectivity index (χ3v) is 21.3. The third kappa shape index (κ3) is 6.73. The summed E-state index contributed by atoms with van der Waals surface area (Å²) >= 11 is 1.89. The van der Waals surface area contributed by atoms with Crippen LogP contribution in [0.4, 0.5) is 51.2 Å². The Morgan fingerprint density at radius 1 is 0.282 bits per heavy atom. The molecular formula is C72H48BN3S2. The summed E-state index contributed by atoms with van der Waals surface area (Å²) in [6.07, 6.45) is 0. The molecule has 0 spiro atoms. The smallest absolute Gasteiger partial charge is 0.252 e. The van der Waals surface area contributed by atoms with Crippen molar-refractivity contribution < 1.29 is 0 Å². The molecule has 0 radical (unpaired) electrons. The summed E-state index contributed by atoms with van der Waals surface area (Å²) in [6.45, 7) is -0.0539. The van der Waals surface area contributed by atoms with Gasteiger partial charge in [0.25, 0.3) is 6.71 Å². The van der Waals surface area contributed by atoms with Gasteiger partial charge in [0.2, 0.25) is 0 Å². The maximum Gasteiger partial charge on any atom is 0.252 e. The van der Waals surface area contributed by atoms with Crippen LogP contribution < -0.4 is 31.1 Å². The normalized spacial score (nSPS) is 14.1. The Morgan fingerprint density at radius 2 is 0.756 bits per heavy atom. The van der Waals surface area contributed by atoms with Crippen molar-refractivity contribution in [2.45, 2.75) is 19.6 Å². The topological polar surface area (TPSA) is 9.72 Å². The average molecular weight is 1030 g/mol. The standard InChI is InChI=1S/C72H48BN3S2/c1-7-22-49(23-8-1)51-38-42-70-66(44-51)76(67-45-52(50-24-9-2-10-25-50)39-43-71(67)78(70,56-30-15-5-16-31-56)57-32-17-6-18-33-57)55-40-41-60-64(46-55)74(53-26-11-3-12-27-53)62-35-21-36-63-72(62)73(60)61-47-59-58-34-19-20-37-68(58)77-69(59)48-65(61)75(63)54-28-13-4-14-29-54/h1-48H. The van der Waals surface area contributed by atoms with Crippen molar-refractivity contribution in [1.29, 1.82) is 0 Å². The van der Waals surface area contributed by atoms with Crippen LogP contribution in [0.1, 0.15) is 0 Å². The predicted molar refractivity (Wildman–Crippen MR) is 332 cm³/mol. The lowest BCUT2D eigenvalue weighted by Crippen LogP contribution is -2.61. The maximum atomic E-state index is 2.60. The second-order valence-corrected chi connectivity index (χ2v) is 24.5. The summed E-state index contributed by atoms with van der Waals surface area (Å²) in [5.41, 5.74) is 19.1. The molecule has 13 aromatic rings. The molecule has 3 aliphatic heterocycles. The first-order chi connectivity index (χ1) is 38.7. The molecule has 0 aliphatic carbocycles. The van der Waals surface area contributed by atoms with E-state index < -0.39 is 10.0 Å². The largest absolute Gasteiger partial charge is 0.311 e. The summed E-state index contributed by atoms with van der Waals surface area (Å²) in [7, 11) is -2.08. The molecule has 78 heavy (non-hydrogen) atoms. The molecule has 0 bridgehead atoms. The SMILES string of the molecule is c1ccc(-c2ccc3c(c2)N(c2ccc4c(c2)N(c2ccccc2)c2cccc5c2B4c2cc4c(cc2N5c2ccccc2)sc2ccccc24)c2cc(-c4ccccc4)ccc2S3(c2ccccc2)c2ccccc2)cc1. The Bertz CT molecular complexity index is 4320. The Kier molecular flexibility index (Phi) is 10.3. The molecule has 0 unspecified atom stereocenters. The van der Waals surface area contributed by atoms with Gasteiger partial charge in [0.15, 0.2) is 0 Å². The Morgan fingerprint density at radius 3 is 1.31 bits per heavy atom. The van der Waals surface area contributed by atoms with Gasteiger partial charge in [0, 0.05) is 74.2 Å². The van der Waals surface area contributed by atoms with Crippen LogP contribution in [-0.2, 0) is 0 Å². The van der Waals surface area contributed by atoms with Gasteiger partial charge in [0.1, 0.15) is 0 Å². The number of rotatable bonds is 7. The molecule has 0 fully saturated rings. The van der Waals surface area contributed by atoms with Crippen molar-refractivity contribution in [1.82, 2.24) is 0 Å². The summed E-state index contributed by atoms with van der Waals surface area (Å²) < 4.78 is 2.60. The van der Waals surface area contributed by atoms with Crippen molar-refractivity contribution in [3.63, 3.8) is 0 Å². The second-order valence-electron chi connectivity index (χ2n) is 20.4. The van der Waals surface area contributed by atoms with E-state index in [1.54, 1.807) is 0 Å². The summed E-state index contributed by atoms with van der Waals surface area (Å²) in [6, 6.07) is 109. The molecule has 16 rings (SSSR count). The van der Waals surface area contributed by atoms with Gasteiger partial charge in [0.05, 0.1) is 11.4 Å². The van der Waals surface area contributed by atoms with Crippen LogP contribution >= 0.6 is 21.4 Å². The summed E-state index contributed by atoms with van der Waals surface area (Å²) in [4.78, 5) is 12.9. The third-order valence-electron chi connectivity index (χ3n) is 16.2. The molecule has 6 heteroatoms. The Labute approximate surface area is 460 Å². The molecule has 3 nitrogen and oxygen atoms in total. The van der Waals surface area contributed by atoms with E-state index in [0.717, 1.165) is 17.1 Å². The minimum Gasteiger partial charge on any atom is -0.311 e. The number of para-hydroxylation sites is 2. The quantitative estimate of drug-likeness (QED) is 0.147. The van der Waals surface area contributed by atoms with Gasteiger partial charge < -0.3 is 14.7 Å². The van der Waals surface area contributed by atoms with Crippen LogP contribution in [0.25, 0.3) is 42.4 Å². The highest BCUT2D eigenvalue weighted by molar-refractivity contribution is 8.34. The molecule has 0 atom stereocenters. The number of thiophene rings is 1. The number of anilines is 9. The zero-order valence-electron chi connectivity index (χ0n) is 42.4. The molecule has 4 heterocycles. The van der Waals surface area contributed by atoms with Crippen molar-refractivity contribution in [3.8, 4) is 22.3 Å². The van der Waals surface area contributed by atoms with Gasteiger partial charge in [-0.15, -0.1) is 21.4 Å². The summed E-state index contributed by atoms with van der Waals surface area (Å²) in [5, 5.41) is 2.61. The van der Waals surface area contributed by atoms with Crippen LogP contribution in [0.5, 0.6) is 0 Å². The Hall–Kier alpha value is -9.33. The van der Waals surface area contributed by atoms with E-state index in [-0.39, 0.29) is 6.71 Å². The first kappa shape index (κ1) is 44.9. The minimum absolute atomic E-state index is 0.0539. The van der Waals surface area contributed by atoms with Crippen LogP contribution in [0.15, 0.2) is 311 Å². The lowest BCUT2D eigenvalue weighted by molar-refractivity contribution is 1.12. The minimum atomic E-state index is -2.08. The van der Waals surface area contributed by atoms with Crippen LogP contribution in [0, 0.1) is 0 Å². The molecular weight excluding hydrogens is 982 g/mol. The maximum absolute atomic E-state index is 2.60. The molecule has 366 valence electrons. The fourth-order valence-corrected chi connectivity index (χ4v) is 18.2. The number of hydrogen-bond donors (Lipinski definition) is 0. The molecule has 0 N–H and O–H groups in total. The molecule has 0 amide bonds. The number of hydrogen-bond acceptors (Lipinski definition) is 4. The van der Waals surface area contributed by atoms with Crippen molar-refractivity contribution in [2.24, 2.45) is 0 Å². The number of benzene rings is 12. The molecule has 1 aromatic heterocycles. The fourth-order valence-electron chi connectivity index (χ4n) is 12.9. The van der Waals surface area contributed by atoms with Crippen LogP contribution in [0.2, 0.25) is 0 Å². The van der Waals surface area contributed by atoms with Gasteiger partial charge >= 0.3 is 0 Å². The number of fused-ring (bicyclic) bond motifs is 9. The number of nitrogens with zero attached hydrogens (tertiary/aromatic N) is 3. The van der Waals surface area contributed by atoms with Gasteiger partial charge in [-0.05, 0) is 153 Å². The van der Waals surface area contributed by atoms with Gasteiger partial charge in [-0.25, -0.2) is 0 Å². The van der Waals surface area contributed by atoms with Gasteiger partial charge in [-0.1, -0.05) is 182 Å². The van der Waals surface area contributed by atoms with E-state index >= 15 is 0 Å². The second kappa shape index (κ2) is 17.9. The molecule has 0 saturated carbocycles. The van der Waals surface area contributed by atoms with Gasteiger partial charge in [-0.2, -0.15) is 0 Å². The predicted octanol–water partition coefficient (Wildman–Crippen LogP) is 18.6. The highest BCUT2D eigenvalue weighted by Gasteiger charge is 2.46. The van der Waals surface area contributed by atoms with E-state index in [0.29, 0.717) is 0 Å². The van der Waals surface area contributed by atoms with Crippen molar-refractivity contribution in [2.75, 3.05) is 14.7 Å². The first-order valence-electron chi connectivity index (χ1n) is 26.8. The van der Waals surface area contributed by atoms with Crippen LogP contribution in [0.3, 0.4) is 0 Å². The van der Waals surface area contributed by atoms with E-state index in [9.17, 15) is 0 Å². The zero-order valence-corrected chi connectivity index (χ0v) is 44.1. The van der Waals surface area contributed by atoms with Crippen molar-refractivity contribution >= 4 is 116 Å². The molecule has 0 saturated heterocycles. The van der Waals surface area contributed by atoms with Gasteiger partial charge in [-0.3, -0.25) is 0 Å². The summed E-state index contributed by atoms with van der Waals surface area (Å²) in [5.74, 6) is 0.